The minimum Gasteiger partial charge on any atom is -0.503 e. The first kappa shape index (κ1) is 28.1. The lowest BCUT2D eigenvalue weighted by atomic mass is 9.94. The zero-order valence-electron chi connectivity index (χ0n) is 22.0. The van der Waals surface area contributed by atoms with Crippen LogP contribution >= 0.6 is 39.3 Å². The molecule has 2 heterocycles. The summed E-state index contributed by atoms with van der Waals surface area (Å²) in [4.78, 5) is 18.6. The standard InChI is InChI=1S/C29H27BrClN5O3S/c1-4-39-23-14-19(13-20(30)26(23)37)25-24(27(38)33-22-12-8-5-9-16(22)2)17(3)32-28-34-29(35-36(25)28)40-15-18-10-6-7-11-21(18)31/h5-14,25,37H,4,15H2,1-3H3,(H,33,38)(H,32,34,35). The summed E-state index contributed by atoms with van der Waals surface area (Å²) in [6.45, 7) is 5.99. The van der Waals surface area contributed by atoms with Crippen molar-refractivity contribution in [3.05, 3.63) is 98.1 Å². The molecule has 0 bridgehead atoms. The summed E-state index contributed by atoms with van der Waals surface area (Å²) in [5.74, 6) is 1.09. The minimum absolute atomic E-state index is 0.0130. The van der Waals surface area contributed by atoms with Gasteiger partial charge in [0.05, 0.1) is 16.7 Å². The number of allylic oxidation sites excluding steroid dienone is 1. The van der Waals surface area contributed by atoms with Gasteiger partial charge >= 0.3 is 0 Å². The van der Waals surface area contributed by atoms with Gasteiger partial charge in [-0.25, -0.2) is 4.68 Å². The summed E-state index contributed by atoms with van der Waals surface area (Å²) >= 11 is 11.3. The number of thioether (sulfide) groups is 1. The number of aryl methyl sites for hydroxylation is 1. The highest BCUT2D eigenvalue weighted by Gasteiger charge is 2.35. The Bertz CT molecular complexity index is 1620. The highest BCUT2D eigenvalue weighted by Crippen LogP contribution is 2.43. The van der Waals surface area contributed by atoms with Crippen LogP contribution in [0, 0.1) is 6.92 Å². The third-order valence-electron chi connectivity index (χ3n) is 6.45. The van der Waals surface area contributed by atoms with Crippen molar-refractivity contribution in [3.63, 3.8) is 0 Å². The number of nitrogens with zero attached hydrogens (tertiary/aromatic N) is 3. The number of carbonyl (C=O) groups is 1. The van der Waals surface area contributed by atoms with Crippen molar-refractivity contribution in [2.75, 3.05) is 17.2 Å². The summed E-state index contributed by atoms with van der Waals surface area (Å²) in [6.07, 6.45) is 0. The average molecular weight is 641 g/mol. The number of rotatable bonds is 8. The molecule has 1 aliphatic heterocycles. The molecule has 0 fully saturated rings. The van der Waals surface area contributed by atoms with E-state index in [0.29, 0.717) is 61.2 Å². The van der Waals surface area contributed by atoms with Gasteiger partial charge in [0.1, 0.15) is 6.04 Å². The fourth-order valence-corrected chi connectivity index (χ4v) is 6.05. The lowest BCUT2D eigenvalue weighted by Gasteiger charge is -2.29. The Hall–Kier alpha value is -3.47. The second-order valence-electron chi connectivity index (χ2n) is 9.16. The number of nitrogens with one attached hydrogen (secondary N) is 2. The Balaban J connectivity index is 1.57. The molecule has 5 rings (SSSR count). The molecule has 0 spiro atoms. The van der Waals surface area contributed by atoms with E-state index in [9.17, 15) is 9.90 Å². The first-order valence-corrected chi connectivity index (χ1v) is 14.7. The van der Waals surface area contributed by atoms with Crippen LogP contribution in [0.15, 0.2) is 81.6 Å². The molecule has 4 aromatic rings. The summed E-state index contributed by atoms with van der Waals surface area (Å²) in [5.41, 5.74) is 4.43. The van der Waals surface area contributed by atoms with Crippen molar-refractivity contribution in [1.82, 2.24) is 14.8 Å². The number of para-hydroxylation sites is 1. The number of phenols is 1. The van der Waals surface area contributed by atoms with Gasteiger partial charge in [-0.05, 0) is 77.7 Å². The maximum Gasteiger partial charge on any atom is 0.255 e. The van der Waals surface area contributed by atoms with E-state index in [1.807, 2.05) is 69.3 Å². The number of aromatic hydroxyl groups is 1. The molecule has 3 N–H and O–H groups in total. The van der Waals surface area contributed by atoms with E-state index < -0.39 is 6.04 Å². The predicted molar refractivity (Wildman–Crippen MR) is 162 cm³/mol. The van der Waals surface area contributed by atoms with Gasteiger partial charge in [-0.15, -0.1) is 5.10 Å². The molecule has 1 aliphatic rings. The molecule has 206 valence electrons. The van der Waals surface area contributed by atoms with Gasteiger partial charge in [-0.3, -0.25) is 4.79 Å². The molecule has 1 unspecified atom stereocenters. The molecule has 3 aromatic carbocycles. The smallest absolute Gasteiger partial charge is 0.255 e. The molecule has 40 heavy (non-hydrogen) atoms. The lowest BCUT2D eigenvalue weighted by Crippen LogP contribution is -2.31. The van der Waals surface area contributed by atoms with Gasteiger partial charge in [0.25, 0.3) is 5.91 Å². The van der Waals surface area contributed by atoms with Crippen LogP contribution in [0.5, 0.6) is 11.5 Å². The quantitative estimate of drug-likeness (QED) is 0.173. The number of hydrogen-bond donors (Lipinski definition) is 3. The van der Waals surface area contributed by atoms with Crippen molar-refractivity contribution in [2.24, 2.45) is 0 Å². The van der Waals surface area contributed by atoms with E-state index in [1.54, 1.807) is 16.8 Å². The fraction of sp³-hybridized carbons (Fsp3) is 0.207. The van der Waals surface area contributed by atoms with Gasteiger partial charge in [-0.2, -0.15) is 4.98 Å². The van der Waals surface area contributed by atoms with Crippen LogP contribution in [0.1, 0.15) is 36.6 Å². The van der Waals surface area contributed by atoms with Crippen LogP contribution < -0.4 is 15.4 Å². The zero-order chi connectivity index (χ0) is 28.4. The van der Waals surface area contributed by atoms with Crippen molar-refractivity contribution < 1.29 is 14.6 Å². The normalized spacial score (nSPS) is 14.5. The summed E-state index contributed by atoms with van der Waals surface area (Å²) in [7, 11) is 0. The molecular formula is C29H27BrClN5O3S. The van der Waals surface area contributed by atoms with Crippen molar-refractivity contribution in [2.45, 2.75) is 37.7 Å². The predicted octanol–water partition coefficient (Wildman–Crippen LogP) is 7.33. The van der Waals surface area contributed by atoms with Crippen LogP contribution in [-0.2, 0) is 10.5 Å². The first-order chi connectivity index (χ1) is 19.3. The molecular weight excluding hydrogens is 614 g/mol. The molecule has 0 aliphatic carbocycles. The zero-order valence-corrected chi connectivity index (χ0v) is 25.2. The Kier molecular flexibility index (Phi) is 8.39. The Morgan fingerprint density at radius 3 is 2.70 bits per heavy atom. The highest BCUT2D eigenvalue weighted by molar-refractivity contribution is 9.10. The van der Waals surface area contributed by atoms with E-state index in [0.717, 1.165) is 11.1 Å². The Morgan fingerprint density at radius 2 is 1.95 bits per heavy atom. The molecule has 8 nitrogen and oxygen atoms in total. The second-order valence-corrected chi connectivity index (χ2v) is 11.4. The van der Waals surface area contributed by atoms with Crippen LogP contribution in [0.4, 0.5) is 11.6 Å². The number of phenolic OH excluding ortho intramolecular Hbond substituents is 1. The highest BCUT2D eigenvalue weighted by atomic mass is 79.9. The Labute approximate surface area is 249 Å². The summed E-state index contributed by atoms with van der Waals surface area (Å²) in [6, 6.07) is 18.1. The molecule has 1 amide bonds. The molecule has 11 heteroatoms. The third-order valence-corrected chi connectivity index (χ3v) is 8.31. The van der Waals surface area contributed by atoms with Crippen LogP contribution in [-0.4, -0.2) is 32.4 Å². The number of fused-ring (bicyclic) bond motifs is 1. The SMILES string of the molecule is CCOc1cc(C2C(C(=O)Nc3ccccc3C)=C(C)Nc3nc(SCc4ccccc4Cl)nn32)cc(Br)c1O. The first-order valence-electron chi connectivity index (χ1n) is 12.6. The number of hydrogen-bond acceptors (Lipinski definition) is 7. The van der Waals surface area contributed by atoms with E-state index in [1.165, 1.54) is 11.8 Å². The maximum atomic E-state index is 13.9. The number of aromatic nitrogens is 3. The number of amides is 1. The van der Waals surface area contributed by atoms with Crippen LogP contribution in [0.3, 0.4) is 0 Å². The largest absolute Gasteiger partial charge is 0.503 e. The average Bonchev–Trinajstić information content (AvgIpc) is 3.33. The van der Waals surface area contributed by atoms with Gasteiger partial charge in [0, 0.05) is 22.2 Å². The molecule has 0 saturated carbocycles. The Morgan fingerprint density at radius 1 is 1.20 bits per heavy atom. The lowest BCUT2D eigenvalue weighted by molar-refractivity contribution is -0.113. The van der Waals surface area contributed by atoms with Crippen LogP contribution in [0.2, 0.25) is 5.02 Å². The fourth-order valence-electron chi connectivity index (χ4n) is 4.47. The minimum atomic E-state index is -0.654. The van der Waals surface area contributed by atoms with Gasteiger partial charge in [0.15, 0.2) is 11.5 Å². The number of benzene rings is 3. The summed E-state index contributed by atoms with van der Waals surface area (Å²) < 4.78 is 7.84. The molecule has 1 atom stereocenters. The topological polar surface area (TPSA) is 101 Å². The molecule has 0 radical (unpaired) electrons. The van der Waals surface area contributed by atoms with Gasteiger partial charge in [-0.1, -0.05) is 59.8 Å². The van der Waals surface area contributed by atoms with E-state index in [2.05, 4.69) is 26.6 Å². The van der Waals surface area contributed by atoms with E-state index in [-0.39, 0.29) is 11.7 Å². The van der Waals surface area contributed by atoms with E-state index >= 15 is 0 Å². The second kappa shape index (κ2) is 12.0. The number of anilines is 2. The van der Waals surface area contributed by atoms with Crippen molar-refractivity contribution in [1.29, 1.82) is 0 Å². The van der Waals surface area contributed by atoms with Crippen LogP contribution in [0.25, 0.3) is 0 Å². The van der Waals surface area contributed by atoms with Crippen molar-refractivity contribution >= 4 is 56.8 Å². The molecule has 0 saturated heterocycles. The summed E-state index contributed by atoms with van der Waals surface area (Å²) in [5, 5.41) is 22.9. The van der Waals surface area contributed by atoms with Crippen molar-refractivity contribution in [3.8, 4) is 11.5 Å². The third kappa shape index (κ3) is 5.70. The number of carbonyl (C=O) groups excluding carboxylic acids is 1. The van der Waals surface area contributed by atoms with Gasteiger partial charge in [0.2, 0.25) is 11.1 Å². The number of halogens is 2. The van der Waals surface area contributed by atoms with E-state index in [4.69, 9.17) is 26.4 Å². The monoisotopic (exact) mass is 639 g/mol. The number of ether oxygens (including phenoxy) is 1. The molecule has 1 aromatic heterocycles. The maximum absolute atomic E-state index is 13.9. The van der Waals surface area contributed by atoms with Gasteiger partial charge < -0.3 is 20.5 Å².